The van der Waals surface area contributed by atoms with Gasteiger partial charge in [-0.05, 0) is 23.9 Å². The number of nitriles is 1. The zero-order valence-electron chi connectivity index (χ0n) is 11.9. The van der Waals surface area contributed by atoms with Crippen molar-refractivity contribution in [2.24, 2.45) is 0 Å². The van der Waals surface area contributed by atoms with E-state index in [0.29, 0.717) is 26.0 Å². The molecule has 116 valence electrons. The van der Waals surface area contributed by atoms with Crippen LogP contribution in [-0.2, 0) is 5.75 Å². The van der Waals surface area contributed by atoms with Crippen LogP contribution in [0.2, 0.25) is 5.15 Å². The SMILES string of the molecule is [C-]#[N+]c1c(N)nc(SCc2ccc(Cl)[n+]([O-])c2)c(C#N)c1SC. The summed E-state index contributed by atoms with van der Waals surface area (Å²) < 4.78 is 0.569. The van der Waals surface area contributed by atoms with Gasteiger partial charge in [-0.3, -0.25) is 0 Å². The summed E-state index contributed by atoms with van der Waals surface area (Å²) in [6.07, 6.45) is 3.14. The average molecular weight is 364 g/mol. The van der Waals surface area contributed by atoms with Crippen molar-refractivity contribution < 1.29 is 4.73 Å². The standard InChI is InChI=1S/C14H10ClN5OS2/c1-18-11-12(22-2)9(5-16)14(19-13(11)17)23-7-8-3-4-10(15)20(21)6-8/h3-4,6H,7H2,2H3,(H2,17,19). The number of thioether (sulfide) groups is 2. The lowest BCUT2D eigenvalue weighted by atomic mass is 10.2. The molecule has 2 rings (SSSR count). The zero-order valence-corrected chi connectivity index (χ0v) is 14.3. The highest BCUT2D eigenvalue weighted by Crippen LogP contribution is 2.40. The van der Waals surface area contributed by atoms with Crippen molar-refractivity contribution in [1.82, 2.24) is 4.98 Å². The highest BCUT2D eigenvalue weighted by Gasteiger charge is 2.18. The van der Waals surface area contributed by atoms with Gasteiger partial charge >= 0.3 is 0 Å². The summed E-state index contributed by atoms with van der Waals surface area (Å²) in [5.74, 6) is 0.520. The molecule has 0 aliphatic rings. The van der Waals surface area contributed by atoms with E-state index in [9.17, 15) is 10.5 Å². The van der Waals surface area contributed by atoms with E-state index in [4.69, 9.17) is 23.9 Å². The summed E-state index contributed by atoms with van der Waals surface area (Å²) >= 11 is 8.24. The molecule has 6 nitrogen and oxygen atoms in total. The Morgan fingerprint density at radius 2 is 2.30 bits per heavy atom. The number of pyridine rings is 2. The number of anilines is 1. The molecule has 0 unspecified atom stereocenters. The van der Waals surface area contributed by atoms with Crippen LogP contribution in [0.15, 0.2) is 28.3 Å². The van der Waals surface area contributed by atoms with Crippen molar-refractivity contribution in [1.29, 1.82) is 5.26 Å². The van der Waals surface area contributed by atoms with Gasteiger partial charge in [0.15, 0.2) is 6.20 Å². The molecule has 0 aromatic carbocycles. The van der Waals surface area contributed by atoms with E-state index in [1.807, 2.05) is 0 Å². The molecule has 0 saturated carbocycles. The van der Waals surface area contributed by atoms with Gasteiger partial charge in [0.25, 0.3) is 5.15 Å². The maximum atomic E-state index is 11.5. The first-order valence-electron chi connectivity index (χ1n) is 6.17. The molecule has 0 bridgehead atoms. The molecule has 9 heteroatoms. The fourth-order valence-electron chi connectivity index (χ4n) is 1.80. The predicted octanol–water partition coefficient (Wildman–Crippen LogP) is 3.39. The summed E-state index contributed by atoms with van der Waals surface area (Å²) in [5.41, 5.74) is 7.07. The third-order valence-electron chi connectivity index (χ3n) is 2.85. The molecule has 2 aromatic heterocycles. The maximum Gasteiger partial charge on any atom is 0.286 e. The summed E-state index contributed by atoms with van der Waals surface area (Å²) in [7, 11) is 0. The fraction of sp³-hybridized carbons (Fsp3) is 0.143. The Labute approximate surface area is 146 Å². The molecular formula is C14H10ClN5OS2. The third kappa shape index (κ3) is 3.62. The van der Waals surface area contributed by atoms with Gasteiger partial charge < -0.3 is 10.9 Å². The van der Waals surface area contributed by atoms with Crippen molar-refractivity contribution in [3.63, 3.8) is 0 Å². The maximum absolute atomic E-state index is 11.5. The van der Waals surface area contributed by atoms with Gasteiger partial charge in [-0.1, -0.05) is 0 Å². The van der Waals surface area contributed by atoms with Crippen LogP contribution in [0.3, 0.4) is 0 Å². The summed E-state index contributed by atoms with van der Waals surface area (Å²) in [5, 5.41) is 21.4. The van der Waals surface area contributed by atoms with E-state index in [0.717, 1.165) is 5.56 Å². The Bertz CT molecular complexity index is 845. The molecule has 0 atom stereocenters. The summed E-state index contributed by atoms with van der Waals surface area (Å²) in [6, 6.07) is 5.31. The van der Waals surface area contributed by atoms with Gasteiger partial charge in [0, 0.05) is 22.3 Å². The van der Waals surface area contributed by atoms with E-state index in [-0.39, 0.29) is 16.7 Å². The number of rotatable bonds is 4. The van der Waals surface area contributed by atoms with Gasteiger partial charge in [0.1, 0.15) is 16.9 Å². The molecule has 0 fully saturated rings. The van der Waals surface area contributed by atoms with Crippen LogP contribution in [-0.4, -0.2) is 11.2 Å². The van der Waals surface area contributed by atoms with Crippen molar-refractivity contribution in [2.45, 2.75) is 15.7 Å². The second kappa shape index (κ2) is 7.42. The van der Waals surface area contributed by atoms with Crippen LogP contribution in [0.25, 0.3) is 4.85 Å². The van der Waals surface area contributed by atoms with E-state index >= 15 is 0 Å². The first-order chi connectivity index (χ1) is 11.0. The summed E-state index contributed by atoms with van der Waals surface area (Å²) in [6.45, 7) is 7.18. The first kappa shape index (κ1) is 17.2. The minimum Gasteiger partial charge on any atom is -0.618 e. The van der Waals surface area contributed by atoms with Crippen molar-refractivity contribution in [2.75, 3.05) is 12.0 Å². The molecule has 0 amide bonds. The topological polar surface area (TPSA) is 94.0 Å². The van der Waals surface area contributed by atoms with Crippen molar-refractivity contribution >= 4 is 46.6 Å². The normalized spacial score (nSPS) is 10.1. The predicted molar refractivity (Wildman–Crippen MR) is 91.4 cm³/mol. The molecular weight excluding hydrogens is 354 g/mol. The van der Waals surface area contributed by atoms with E-state index in [1.165, 1.54) is 35.8 Å². The number of nitrogen functional groups attached to an aromatic ring is 1. The molecule has 2 N–H and O–H groups in total. The highest BCUT2D eigenvalue weighted by molar-refractivity contribution is 7.99. The average Bonchev–Trinajstić information content (AvgIpc) is 2.55. The Balaban J connectivity index is 2.37. The Kier molecular flexibility index (Phi) is 5.56. The smallest absolute Gasteiger partial charge is 0.286 e. The van der Waals surface area contributed by atoms with Crippen molar-refractivity contribution in [3.8, 4) is 6.07 Å². The molecule has 2 aromatic rings. The number of nitrogens with zero attached hydrogens (tertiary/aromatic N) is 4. The Morgan fingerprint density at radius 1 is 1.57 bits per heavy atom. The molecule has 0 spiro atoms. The number of halogens is 1. The van der Waals surface area contributed by atoms with Gasteiger partial charge in [-0.15, -0.1) is 23.5 Å². The third-order valence-corrected chi connectivity index (χ3v) is 5.00. The Morgan fingerprint density at radius 3 is 2.87 bits per heavy atom. The molecule has 23 heavy (non-hydrogen) atoms. The fourth-order valence-corrected chi connectivity index (χ4v) is 3.60. The second-order valence-corrected chi connectivity index (χ2v) is 6.42. The van der Waals surface area contributed by atoms with Gasteiger partial charge in [0.05, 0.1) is 12.1 Å². The zero-order chi connectivity index (χ0) is 17.0. The van der Waals surface area contributed by atoms with Gasteiger partial charge in [-0.25, -0.2) is 9.83 Å². The summed E-state index contributed by atoms with van der Waals surface area (Å²) in [4.78, 5) is 8.03. The number of nitrogens with two attached hydrogens (primary N) is 1. The van der Waals surface area contributed by atoms with E-state index in [2.05, 4.69) is 15.9 Å². The van der Waals surface area contributed by atoms with E-state index in [1.54, 1.807) is 12.3 Å². The lowest BCUT2D eigenvalue weighted by Gasteiger charge is -2.10. The number of aromatic nitrogens is 2. The second-order valence-electron chi connectivity index (χ2n) is 4.26. The Hall–Kier alpha value is -2.13. The largest absolute Gasteiger partial charge is 0.618 e. The minimum atomic E-state index is 0.0879. The van der Waals surface area contributed by atoms with Crippen LogP contribution in [0, 0.1) is 23.1 Å². The van der Waals surface area contributed by atoms with Gasteiger partial charge in [0.2, 0.25) is 5.69 Å². The molecule has 0 aliphatic carbocycles. The van der Waals surface area contributed by atoms with Crippen LogP contribution in [0.5, 0.6) is 0 Å². The van der Waals surface area contributed by atoms with Crippen LogP contribution in [0.4, 0.5) is 11.5 Å². The molecule has 0 aliphatic heterocycles. The van der Waals surface area contributed by atoms with Crippen LogP contribution < -0.4 is 10.5 Å². The molecule has 0 saturated heterocycles. The number of hydrogen-bond donors (Lipinski definition) is 1. The van der Waals surface area contributed by atoms with Gasteiger partial charge in [-0.2, -0.15) is 9.99 Å². The minimum absolute atomic E-state index is 0.0879. The monoisotopic (exact) mass is 363 g/mol. The highest BCUT2D eigenvalue weighted by atomic mass is 35.5. The molecule has 2 heterocycles. The van der Waals surface area contributed by atoms with Crippen molar-refractivity contribution in [3.05, 3.63) is 51.2 Å². The lowest BCUT2D eigenvalue weighted by Crippen LogP contribution is -2.27. The first-order valence-corrected chi connectivity index (χ1v) is 8.76. The molecule has 0 radical (unpaired) electrons. The van der Waals surface area contributed by atoms with Crippen LogP contribution >= 0.6 is 35.1 Å². The quantitative estimate of drug-likeness (QED) is 0.294. The van der Waals surface area contributed by atoms with Crippen LogP contribution in [0.1, 0.15) is 11.1 Å². The number of hydrogen-bond acceptors (Lipinski definition) is 6. The lowest BCUT2D eigenvalue weighted by molar-refractivity contribution is -0.603. The van der Waals surface area contributed by atoms with E-state index < -0.39 is 0 Å².